The Kier molecular flexibility index (Phi) is 6.42. The highest BCUT2D eigenvalue weighted by atomic mass is 19.1. The second-order valence-corrected chi connectivity index (χ2v) is 6.66. The minimum atomic E-state index is -0.224. The molecule has 3 nitrogen and oxygen atoms in total. The lowest BCUT2D eigenvalue weighted by Gasteiger charge is -2.19. The summed E-state index contributed by atoms with van der Waals surface area (Å²) in [6, 6.07) is 17.3. The van der Waals surface area contributed by atoms with Gasteiger partial charge in [0.05, 0.1) is 18.6 Å². The molecule has 1 aliphatic rings. The number of aliphatic imine (C=N–C) groups is 1. The molecule has 4 heteroatoms. The zero-order valence-electron chi connectivity index (χ0n) is 15.8. The molecule has 1 saturated heterocycles. The summed E-state index contributed by atoms with van der Waals surface area (Å²) < 4.78 is 13.9. The van der Waals surface area contributed by atoms with Crippen LogP contribution in [0.15, 0.2) is 83.4 Å². The van der Waals surface area contributed by atoms with E-state index in [9.17, 15) is 4.39 Å². The van der Waals surface area contributed by atoms with Gasteiger partial charge < -0.3 is 10.6 Å². The highest BCUT2D eigenvalue weighted by Gasteiger charge is 2.32. The Balaban J connectivity index is 1.81. The number of guanidine groups is 1. The van der Waals surface area contributed by atoms with Crippen molar-refractivity contribution in [3.8, 4) is 0 Å². The van der Waals surface area contributed by atoms with Gasteiger partial charge in [-0.1, -0.05) is 72.3 Å². The third-order valence-corrected chi connectivity index (χ3v) is 4.74. The molecule has 1 heterocycles. The van der Waals surface area contributed by atoms with E-state index >= 15 is 0 Å². The third-order valence-electron chi connectivity index (χ3n) is 4.74. The van der Waals surface area contributed by atoms with Crippen molar-refractivity contribution in [2.75, 3.05) is 0 Å². The van der Waals surface area contributed by atoms with Crippen molar-refractivity contribution in [2.24, 2.45) is 4.99 Å². The smallest absolute Gasteiger partial charge is 0.192 e. The van der Waals surface area contributed by atoms with Crippen LogP contribution in [0.4, 0.5) is 4.39 Å². The summed E-state index contributed by atoms with van der Waals surface area (Å²) in [5, 5.41) is 6.96. The maximum absolute atomic E-state index is 13.9. The topological polar surface area (TPSA) is 36.4 Å². The first kappa shape index (κ1) is 18.9. The van der Waals surface area contributed by atoms with Crippen molar-refractivity contribution in [3.63, 3.8) is 0 Å². The van der Waals surface area contributed by atoms with Crippen LogP contribution in [0.25, 0.3) is 0 Å². The Morgan fingerprint density at radius 2 is 1.81 bits per heavy atom. The molecule has 2 N–H and O–H groups in total. The average molecular weight is 363 g/mol. The monoisotopic (exact) mass is 363 g/mol. The van der Waals surface area contributed by atoms with Gasteiger partial charge in [-0.2, -0.15) is 0 Å². The second-order valence-electron chi connectivity index (χ2n) is 6.66. The van der Waals surface area contributed by atoms with Gasteiger partial charge in [-0.3, -0.25) is 0 Å². The van der Waals surface area contributed by atoms with Gasteiger partial charge in [-0.05, 0) is 31.9 Å². The van der Waals surface area contributed by atoms with Crippen molar-refractivity contribution in [3.05, 3.63) is 95.3 Å². The Hall–Kier alpha value is -2.88. The van der Waals surface area contributed by atoms with Crippen molar-refractivity contribution in [1.82, 2.24) is 10.6 Å². The zero-order valence-corrected chi connectivity index (χ0v) is 15.8. The lowest BCUT2D eigenvalue weighted by Crippen LogP contribution is -2.29. The quantitative estimate of drug-likeness (QED) is 0.717. The predicted octanol–water partition coefficient (Wildman–Crippen LogP) is 4.90. The summed E-state index contributed by atoms with van der Waals surface area (Å²) in [7, 11) is 0. The molecule has 0 aliphatic carbocycles. The van der Waals surface area contributed by atoms with E-state index in [2.05, 4.69) is 52.9 Å². The van der Waals surface area contributed by atoms with E-state index in [1.165, 1.54) is 17.2 Å². The molecule has 27 heavy (non-hydrogen) atoms. The molecule has 0 unspecified atom stereocenters. The summed E-state index contributed by atoms with van der Waals surface area (Å²) >= 11 is 0. The third kappa shape index (κ3) is 4.85. The van der Waals surface area contributed by atoms with Crippen LogP contribution >= 0.6 is 0 Å². The van der Waals surface area contributed by atoms with Gasteiger partial charge in [0.15, 0.2) is 5.96 Å². The summed E-state index contributed by atoms with van der Waals surface area (Å²) in [4.78, 5) is 4.57. The van der Waals surface area contributed by atoms with Crippen LogP contribution in [0, 0.1) is 5.82 Å². The number of nitrogens with zero attached hydrogens (tertiary/aromatic N) is 1. The van der Waals surface area contributed by atoms with Crippen molar-refractivity contribution in [2.45, 2.75) is 38.9 Å². The van der Waals surface area contributed by atoms with Gasteiger partial charge in [-0.15, -0.1) is 0 Å². The average Bonchev–Trinajstić information content (AvgIpc) is 3.13. The highest BCUT2D eigenvalue weighted by Crippen LogP contribution is 2.26. The Morgan fingerprint density at radius 1 is 1.07 bits per heavy atom. The lowest BCUT2D eigenvalue weighted by molar-refractivity contribution is 0.587. The van der Waals surface area contributed by atoms with E-state index in [1.54, 1.807) is 12.1 Å². The molecule has 3 rings (SSSR count). The summed E-state index contributed by atoms with van der Waals surface area (Å²) in [5.41, 5.74) is 3.05. The number of halogens is 1. The molecule has 1 aliphatic heterocycles. The van der Waals surface area contributed by atoms with Crippen LogP contribution in [-0.2, 0) is 6.54 Å². The largest absolute Gasteiger partial charge is 0.347 e. The first-order valence-electron chi connectivity index (χ1n) is 9.32. The molecule has 1 fully saturated rings. The fourth-order valence-corrected chi connectivity index (χ4v) is 3.21. The van der Waals surface area contributed by atoms with E-state index in [4.69, 9.17) is 0 Å². The summed E-state index contributed by atoms with van der Waals surface area (Å²) in [6.07, 6.45) is 7.33. The van der Waals surface area contributed by atoms with Gasteiger partial charge in [0.2, 0.25) is 0 Å². The zero-order chi connectivity index (χ0) is 19.1. The predicted molar refractivity (Wildman–Crippen MR) is 110 cm³/mol. The number of hydrogen-bond acceptors (Lipinski definition) is 1. The van der Waals surface area contributed by atoms with Crippen LogP contribution in [0.3, 0.4) is 0 Å². The van der Waals surface area contributed by atoms with Crippen LogP contribution in [0.5, 0.6) is 0 Å². The summed E-state index contributed by atoms with van der Waals surface area (Å²) in [5.74, 6) is 0.481. The van der Waals surface area contributed by atoms with Crippen LogP contribution in [0.2, 0.25) is 0 Å². The Labute approximate surface area is 160 Å². The van der Waals surface area contributed by atoms with E-state index in [0.29, 0.717) is 18.1 Å². The van der Waals surface area contributed by atoms with Crippen LogP contribution < -0.4 is 10.6 Å². The van der Waals surface area contributed by atoms with E-state index in [-0.39, 0.29) is 17.9 Å². The van der Waals surface area contributed by atoms with E-state index in [1.807, 2.05) is 31.2 Å². The SMILES string of the molecule is C/C=C\C/C=C(\C)[C@H]1NC(=NCc2ccccc2F)N[C@H]1c1ccccc1. The lowest BCUT2D eigenvalue weighted by atomic mass is 9.95. The van der Waals surface area contributed by atoms with E-state index in [0.717, 1.165) is 6.42 Å². The van der Waals surface area contributed by atoms with Gasteiger partial charge in [0.25, 0.3) is 0 Å². The molecule has 0 spiro atoms. The van der Waals surface area contributed by atoms with E-state index < -0.39 is 0 Å². The Morgan fingerprint density at radius 3 is 2.56 bits per heavy atom. The Bertz CT molecular complexity index is 840. The van der Waals surface area contributed by atoms with Crippen LogP contribution in [-0.4, -0.2) is 12.0 Å². The fraction of sp³-hybridized carbons (Fsp3) is 0.261. The molecule has 2 aromatic rings. The molecule has 0 bridgehead atoms. The second kappa shape index (κ2) is 9.17. The number of benzene rings is 2. The molecule has 0 radical (unpaired) electrons. The minimum absolute atomic E-state index is 0.0902. The molecule has 2 atom stereocenters. The van der Waals surface area contributed by atoms with Gasteiger partial charge >= 0.3 is 0 Å². The normalized spacial score (nSPS) is 21.4. The number of allylic oxidation sites excluding steroid dienone is 3. The maximum atomic E-state index is 13.9. The van der Waals surface area contributed by atoms with Gasteiger partial charge in [-0.25, -0.2) is 9.38 Å². The molecular formula is C23H26FN3. The number of rotatable bonds is 6. The number of nitrogens with one attached hydrogen (secondary N) is 2. The molecule has 0 amide bonds. The van der Waals surface area contributed by atoms with Crippen molar-refractivity contribution >= 4 is 5.96 Å². The van der Waals surface area contributed by atoms with Gasteiger partial charge in [0.1, 0.15) is 5.82 Å². The van der Waals surface area contributed by atoms with Crippen LogP contribution in [0.1, 0.15) is 37.4 Å². The summed E-state index contributed by atoms with van der Waals surface area (Å²) in [6.45, 7) is 4.47. The first-order valence-corrected chi connectivity index (χ1v) is 9.32. The molecule has 0 aromatic heterocycles. The minimum Gasteiger partial charge on any atom is -0.347 e. The molecular weight excluding hydrogens is 337 g/mol. The fourth-order valence-electron chi connectivity index (χ4n) is 3.21. The first-order chi connectivity index (χ1) is 13.2. The number of hydrogen-bond donors (Lipinski definition) is 2. The highest BCUT2D eigenvalue weighted by molar-refractivity contribution is 5.84. The molecule has 0 saturated carbocycles. The van der Waals surface area contributed by atoms with Gasteiger partial charge in [0, 0.05) is 5.56 Å². The van der Waals surface area contributed by atoms with Crippen molar-refractivity contribution < 1.29 is 4.39 Å². The maximum Gasteiger partial charge on any atom is 0.192 e. The molecule has 2 aromatic carbocycles. The molecule has 140 valence electrons. The standard InChI is InChI=1S/C23H26FN3/c1-3-4-6-11-17(2)21-22(18-12-7-5-8-13-18)27-23(26-21)25-16-19-14-9-10-15-20(19)24/h3-5,7-15,21-22H,6,16H2,1-2H3,(H2,25,26,27)/b4-3-,17-11+/t21-,22+/m1/s1. The van der Waals surface area contributed by atoms with Crippen molar-refractivity contribution in [1.29, 1.82) is 0 Å².